The summed E-state index contributed by atoms with van der Waals surface area (Å²) in [6.45, 7) is 0.454. The number of nitrogens with one attached hydrogen (secondary N) is 1. The van der Waals surface area contributed by atoms with Crippen LogP contribution < -0.4 is 5.32 Å². The quantitative estimate of drug-likeness (QED) is 0.804. The van der Waals surface area contributed by atoms with Crippen molar-refractivity contribution in [1.29, 1.82) is 0 Å². The average molecular weight is 400 g/mol. The molecule has 0 spiro atoms. The Morgan fingerprint density at radius 2 is 1.89 bits per heavy atom. The maximum Gasteiger partial charge on any atom is 0.256 e. The smallest absolute Gasteiger partial charge is 0.256 e. The lowest BCUT2D eigenvalue weighted by Gasteiger charge is -2.40. The van der Waals surface area contributed by atoms with E-state index in [1.807, 2.05) is 0 Å². The first-order chi connectivity index (χ1) is 13.5. The van der Waals surface area contributed by atoms with E-state index in [9.17, 15) is 19.5 Å². The number of rotatable bonds is 2. The van der Waals surface area contributed by atoms with E-state index in [0.29, 0.717) is 21.8 Å². The normalized spacial score (nSPS) is 20.0. The number of benzene rings is 2. The van der Waals surface area contributed by atoms with Gasteiger partial charge in [0.25, 0.3) is 11.8 Å². The Bertz CT molecular complexity index is 950. The molecular formula is C20H18ClN3O4. The summed E-state index contributed by atoms with van der Waals surface area (Å²) >= 11 is 5.98. The van der Waals surface area contributed by atoms with Crippen molar-refractivity contribution >= 4 is 35.0 Å². The maximum atomic E-state index is 12.9. The highest BCUT2D eigenvalue weighted by Crippen LogP contribution is 2.28. The zero-order valence-electron chi connectivity index (χ0n) is 14.8. The Labute approximate surface area is 166 Å². The van der Waals surface area contributed by atoms with E-state index in [-0.39, 0.29) is 31.4 Å². The second-order valence-electron chi connectivity index (χ2n) is 6.79. The first-order valence-corrected chi connectivity index (χ1v) is 9.26. The fourth-order valence-electron chi connectivity index (χ4n) is 3.58. The summed E-state index contributed by atoms with van der Waals surface area (Å²) in [6, 6.07) is 12.5. The third kappa shape index (κ3) is 3.23. The number of carbonyl (C=O) groups excluding carboxylic acids is 3. The first-order valence-electron chi connectivity index (χ1n) is 8.89. The van der Waals surface area contributed by atoms with Crippen molar-refractivity contribution in [3.8, 4) is 0 Å². The van der Waals surface area contributed by atoms with Gasteiger partial charge in [-0.15, -0.1) is 0 Å². The zero-order valence-corrected chi connectivity index (χ0v) is 15.6. The van der Waals surface area contributed by atoms with Gasteiger partial charge in [-0.3, -0.25) is 14.4 Å². The van der Waals surface area contributed by atoms with Crippen LogP contribution in [0.15, 0.2) is 48.5 Å². The number of aliphatic hydroxyl groups is 1. The molecule has 1 saturated heterocycles. The lowest BCUT2D eigenvalue weighted by molar-refractivity contribution is -0.144. The molecule has 0 bridgehead atoms. The van der Waals surface area contributed by atoms with Gasteiger partial charge in [-0.25, -0.2) is 0 Å². The second kappa shape index (κ2) is 7.26. The van der Waals surface area contributed by atoms with E-state index in [1.54, 1.807) is 42.5 Å². The van der Waals surface area contributed by atoms with E-state index in [0.717, 1.165) is 0 Å². The summed E-state index contributed by atoms with van der Waals surface area (Å²) < 4.78 is 0. The SMILES string of the molecule is O=C1Nc2cc(Cl)ccc2C(=O)N2CCN(C(=O)[C@@H](O)c3ccccc3)C[C@H]12. The van der Waals surface area contributed by atoms with Crippen molar-refractivity contribution in [2.24, 2.45) is 0 Å². The van der Waals surface area contributed by atoms with Crippen LogP contribution in [-0.2, 0) is 9.59 Å². The van der Waals surface area contributed by atoms with E-state index < -0.39 is 18.1 Å². The number of amides is 3. The zero-order chi connectivity index (χ0) is 19.8. The molecule has 0 aliphatic carbocycles. The van der Waals surface area contributed by atoms with Crippen LogP contribution in [0.4, 0.5) is 5.69 Å². The molecular weight excluding hydrogens is 382 g/mol. The molecule has 2 aromatic carbocycles. The van der Waals surface area contributed by atoms with Crippen molar-refractivity contribution in [3.05, 3.63) is 64.7 Å². The van der Waals surface area contributed by atoms with Crippen LogP contribution in [0.2, 0.25) is 5.02 Å². The molecule has 144 valence electrons. The fraction of sp³-hybridized carbons (Fsp3) is 0.250. The molecule has 2 atom stereocenters. The van der Waals surface area contributed by atoms with Crippen LogP contribution in [0.25, 0.3) is 0 Å². The number of carbonyl (C=O) groups is 3. The number of anilines is 1. The van der Waals surface area contributed by atoms with Crippen molar-refractivity contribution in [2.45, 2.75) is 12.1 Å². The summed E-state index contributed by atoms with van der Waals surface area (Å²) in [5.74, 6) is -1.16. The lowest BCUT2D eigenvalue weighted by atomic mass is 10.1. The van der Waals surface area contributed by atoms with E-state index in [1.165, 1.54) is 15.9 Å². The number of hydrogen-bond acceptors (Lipinski definition) is 4. The van der Waals surface area contributed by atoms with Crippen molar-refractivity contribution in [1.82, 2.24) is 9.80 Å². The van der Waals surface area contributed by atoms with Crippen LogP contribution in [0, 0.1) is 0 Å². The van der Waals surface area contributed by atoms with E-state index >= 15 is 0 Å². The molecule has 8 heteroatoms. The summed E-state index contributed by atoms with van der Waals surface area (Å²) in [6.07, 6.45) is -1.31. The Morgan fingerprint density at radius 1 is 1.14 bits per heavy atom. The second-order valence-corrected chi connectivity index (χ2v) is 7.23. The maximum absolute atomic E-state index is 12.9. The van der Waals surface area contributed by atoms with Crippen molar-refractivity contribution in [2.75, 3.05) is 25.0 Å². The predicted molar refractivity (Wildman–Crippen MR) is 103 cm³/mol. The standard InChI is InChI=1S/C20H18ClN3O4/c21-13-6-7-14-15(10-13)22-18(26)16-11-23(8-9-24(16)19(14)27)20(28)17(25)12-4-2-1-3-5-12/h1-7,10,16-17,25H,8-9,11H2,(H,22,26)/t16-,17+/m1/s1. The van der Waals surface area contributed by atoms with Crippen LogP contribution in [-0.4, -0.2) is 58.3 Å². The van der Waals surface area contributed by atoms with Crippen molar-refractivity contribution < 1.29 is 19.5 Å². The largest absolute Gasteiger partial charge is 0.378 e. The minimum Gasteiger partial charge on any atom is -0.378 e. The minimum atomic E-state index is -1.31. The lowest BCUT2D eigenvalue weighted by Crippen LogP contribution is -2.60. The number of piperazine rings is 1. The first kappa shape index (κ1) is 18.5. The van der Waals surface area contributed by atoms with Crippen LogP contribution in [0.1, 0.15) is 22.0 Å². The van der Waals surface area contributed by atoms with Gasteiger partial charge in [0.15, 0.2) is 6.10 Å². The van der Waals surface area contributed by atoms with Gasteiger partial charge in [0.1, 0.15) is 6.04 Å². The number of hydrogen-bond donors (Lipinski definition) is 2. The molecule has 3 amide bonds. The molecule has 4 rings (SSSR count). The summed E-state index contributed by atoms with van der Waals surface area (Å²) in [4.78, 5) is 41.2. The molecule has 0 unspecified atom stereocenters. The molecule has 2 aromatic rings. The number of fused-ring (bicyclic) bond motifs is 2. The van der Waals surface area contributed by atoms with Gasteiger partial charge in [0.2, 0.25) is 5.91 Å². The van der Waals surface area contributed by atoms with Gasteiger partial charge in [0.05, 0.1) is 17.8 Å². The number of halogens is 1. The Hall–Kier alpha value is -2.90. The number of aliphatic hydroxyl groups excluding tert-OH is 1. The monoisotopic (exact) mass is 399 g/mol. The summed E-state index contributed by atoms with van der Waals surface area (Å²) in [5.41, 5.74) is 1.21. The topological polar surface area (TPSA) is 90.0 Å². The van der Waals surface area contributed by atoms with Gasteiger partial charge in [0, 0.05) is 18.1 Å². The van der Waals surface area contributed by atoms with Gasteiger partial charge < -0.3 is 20.2 Å². The molecule has 0 saturated carbocycles. The Kier molecular flexibility index (Phi) is 4.78. The van der Waals surface area contributed by atoms with Crippen LogP contribution in [0.5, 0.6) is 0 Å². The van der Waals surface area contributed by atoms with Gasteiger partial charge in [-0.2, -0.15) is 0 Å². The Balaban J connectivity index is 1.56. The fourth-order valence-corrected chi connectivity index (χ4v) is 3.75. The van der Waals surface area contributed by atoms with Gasteiger partial charge in [-0.05, 0) is 23.8 Å². The molecule has 2 N–H and O–H groups in total. The minimum absolute atomic E-state index is 0.0159. The number of nitrogens with zero attached hydrogens (tertiary/aromatic N) is 2. The molecule has 2 aliphatic heterocycles. The molecule has 0 aromatic heterocycles. The molecule has 0 radical (unpaired) electrons. The molecule has 2 aliphatic rings. The highest BCUT2D eigenvalue weighted by molar-refractivity contribution is 6.31. The summed E-state index contributed by atoms with van der Waals surface area (Å²) in [7, 11) is 0. The molecule has 2 heterocycles. The third-order valence-corrected chi connectivity index (χ3v) is 5.31. The van der Waals surface area contributed by atoms with Crippen molar-refractivity contribution in [3.63, 3.8) is 0 Å². The third-order valence-electron chi connectivity index (χ3n) is 5.07. The van der Waals surface area contributed by atoms with Gasteiger partial charge in [-0.1, -0.05) is 41.9 Å². The molecule has 28 heavy (non-hydrogen) atoms. The van der Waals surface area contributed by atoms with Gasteiger partial charge >= 0.3 is 0 Å². The molecule has 7 nitrogen and oxygen atoms in total. The molecule has 1 fully saturated rings. The van der Waals surface area contributed by atoms with Crippen LogP contribution >= 0.6 is 11.6 Å². The van der Waals surface area contributed by atoms with E-state index in [4.69, 9.17) is 11.6 Å². The highest BCUT2D eigenvalue weighted by Gasteiger charge is 2.41. The van der Waals surface area contributed by atoms with Crippen LogP contribution in [0.3, 0.4) is 0 Å². The summed E-state index contributed by atoms with van der Waals surface area (Å²) in [5, 5.41) is 13.5. The Morgan fingerprint density at radius 3 is 2.64 bits per heavy atom. The highest BCUT2D eigenvalue weighted by atomic mass is 35.5. The van der Waals surface area contributed by atoms with E-state index in [2.05, 4.69) is 5.32 Å². The average Bonchev–Trinajstić information content (AvgIpc) is 2.81. The predicted octanol–water partition coefficient (Wildman–Crippen LogP) is 1.68.